The van der Waals surface area contributed by atoms with Crippen LogP contribution in [0.4, 0.5) is 4.39 Å². The van der Waals surface area contributed by atoms with Crippen LogP contribution in [0.15, 0.2) is 42.5 Å². The fourth-order valence-corrected chi connectivity index (χ4v) is 3.49. The maximum Gasteiger partial charge on any atom is 0.219 e. The van der Waals surface area contributed by atoms with E-state index in [1.54, 1.807) is 12.1 Å². The molecule has 4 nitrogen and oxygen atoms in total. The minimum absolute atomic E-state index is 0.0866. The summed E-state index contributed by atoms with van der Waals surface area (Å²) in [5, 5.41) is 3.32. The molecule has 1 N–H and O–H groups in total. The number of nitrogens with zero attached hydrogens (tertiary/aromatic N) is 2. The van der Waals surface area contributed by atoms with Crippen LogP contribution in [0.1, 0.15) is 44.0 Å². The van der Waals surface area contributed by atoms with Gasteiger partial charge in [-0.25, -0.2) is 9.37 Å². The van der Waals surface area contributed by atoms with Crippen molar-refractivity contribution in [2.24, 2.45) is 0 Å². The van der Waals surface area contributed by atoms with Gasteiger partial charge in [0.2, 0.25) is 5.91 Å². The van der Waals surface area contributed by atoms with E-state index in [1.807, 2.05) is 31.2 Å². The van der Waals surface area contributed by atoms with Crippen molar-refractivity contribution in [2.75, 3.05) is 6.54 Å². The lowest BCUT2D eigenvalue weighted by Crippen LogP contribution is -2.23. The Bertz CT molecular complexity index is 934. The molecule has 0 unspecified atom stereocenters. The third-order valence-corrected chi connectivity index (χ3v) is 5.19. The van der Waals surface area contributed by atoms with Gasteiger partial charge in [0.1, 0.15) is 11.6 Å². The average molecular weight is 402 g/mol. The molecule has 0 aliphatic carbocycles. The number of fused-ring (bicyclic) bond motifs is 1. The third-order valence-electron chi connectivity index (χ3n) is 4.83. The van der Waals surface area contributed by atoms with E-state index in [4.69, 9.17) is 16.6 Å². The lowest BCUT2D eigenvalue weighted by atomic mass is 10.1. The van der Waals surface area contributed by atoms with E-state index in [9.17, 15) is 9.18 Å². The molecule has 28 heavy (non-hydrogen) atoms. The Kier molecular flexibility index (Phi) is 7.04. The predicted molar refractivity (Wildman–Crippen MR) is 111 cm³/mol. The number of halogens is 2. The Hall–Kier alpha value is -2.40. The second-order valence-corrected chi connectivity index (χ2v) is 7.22. The van der Waals surface area contributed by atoms with E-state index in [-0.39, 0.29) is 11.7 Å². The molecular formula is C22H25ClFN3O. The van der Waals surface area contributed by atoms with Gasteiger partial charge in [-0.2, -0.15) is 0 Å². The molecule has 0 aliphatic heterocycles. The van der Waals surface area contributed by atoms with Crippen molar-refractivity contribution < 1.29 is 9.18 Å². The first kappa shape index (κ1) is 20.3. The van der Waals surface area contributed by atoms with Crippen LogP contribution in [0.3, 0.4) is 0 Å². The molecule has 0 saturated heterocycles. The first-order valence-electron chi connectivity index (χ1n) is 9.74. The third kappa shape index (κ3) is 4.90. The first-order valence-corrected chi connectivity index (χ1v) is 10.1. The maximum absolute atomic E-state index is 14.3. The topological polar surface area (TPSA) is 46.9 Å². The molecule has 0 atom stereocenters. The van der Waals surface area contributed by atoms with Crippen LogP contribution in [0.25, 0.3) is 11.0 Å². The molecule has 2 aromatic carbocycles. The number of carbonyl (C=O) groups excluding carboxylic acids is 1. The summed E-state index contributed by atoms with van der Waals surface area (Å²) in [6, 6.07) is 12.7. The van der Waals surface area contributed by atoms with Crippen LogP contribution >= 0.6 is 11.6 Å². The van der Waals surface area contributed by atoms with Crippen molar-refractivity contribution >= 4 is 28.5 Å². The van der Waals surface area contributed by atoms with Crippen molar-refractivity contribution in [3.63, 3.8) is 0 Å². The van der Waals surface area contributed by atoms with Crippen LogP contribution in [0.2, 0.25) is 5.02 Å². The molecule has 148 valence electrons. The largest absolute Gasteiger partial charge is 0.356 e. The summed E-state index contributed by atoms with van der Waals surface area (Å²) in [7, 11) is 0. The van der Waals surface area contributed by atoms with Gasteiger partial charge in [-0.3, -0.25) is 4.79 Å². The zero-order chi connectivity index (χ0) is 19.9. The number of amides is 1. The minimum atomic E-state index is -0.303. The summed E-state index contributed by atoms with van der Waals surface area (Å²) < 4.78 is 16.4. The first-order chi connectivity index (χ1) is 13.6. The molecule has 0 radical (unpaired) electrons. The number of nitrogens with one attached hydrogen (secondary N) is 1. The molecule has 6 heteroatoms. The molecule has 1 aromatic heterocycles. The van der Waals surface area contributed by atoms with E-state index in [0.717, 1.165) is 42.5 Å². The minimum Gasteiger partial charge on any atom is -0.356 e. The molecule has 0 spiro atoms. The second kappa shape index (κ2) is 9.69. The van der Waals surface area contributed by atoms with Crippen LogP contribution in [-0.4, -0.2) is 22.0 Å². The number of aromatic nitrogens is 2. The molecule has 0 bridgehead atoms. The lowest BCUT2D eigenvalue weighted by molar-refractivity contribution is -0.120. The Balaban J connectivity index is 1.72. The van der Waals surface area contributed by atoms with Crippen LogP contribution in [0.5, 0.6) is 0 Å². The monoisotopic (exact) mass is 401 g/mol. The summed E-state index contributed by atoms with van der Waals surface area (Å²) in [6.45, 7) is 2.91. The number of rotatable bonds is 9. The SMILES string of the molecule is CCC(=O)NCCCCCc1nc2ccccc2n1Cc1c(F)cccc1Cl. The highest BCUT2D eigenvalue weighted by atomic mass is 35.5. The van der Waals surface area contributed by atoms with Gasteiger partial charge in [0.25, 0.3) is 0 Å². The fourth-order valence-electron chi connectivity index (χ4n) is 3.27. The predicted octanol–water partition coefficient (Wildman–Crippen LogP) is 5.12. The summed E-state index contributed by atoms with van der Waals surface area (Å²) in [4.78, 5) is 16.0. The summed E-state index contributed by atoms with van der Waals surface area (Å²) in [5.41, 5.74) is 2.36. The van der Waals surface area contributed by atoms with E-state index >= 15 is 0 Å². The van der Waals surface area contributed by atoms with Crippen molar-refractivity contribution in [2.45, 2.75) is 45.6 Å². The summed E-state index contributed by atoms with van der Waals surface area (Å²) in [5.74, 6) is 0.713. The van der Waals surface area contributed by atoms with Gasteiger partial charge in [0, 0.05) is 30.0 Å². The molecule has 3 rings (SSSR count). The summed E-state index contributed by atoms with van der Waals surface area (Å²) >= 11 is 6.24. The number of aryl methyl sites for hydroxylation is 1. The number of carbonyl (C=O) groups is 1. The zero-order valence-corrected chi connectivity index (χ0v) is 16.8. The van der Waals surface area contributed by atoms with Gasteiger partial charge in [0.15, 0.2) is 0 Å². The Morgan fingerprint density at radius 2 is 1.96 bits per heavy atom. The average Bonchev–Trinajstić information content (AvgIpc) is 3.04. The number of benzene rings is 2. The Morgan fingerprint density at radius 3 is 2.75 bits per heavy atom. The van der Waals surface area contributed by atoms with Crippen molar-refractivity contribution in [3.8, 4) is 0 Å². The number of unbranched alkanes of at least 4 members (excludes halogenated alkanes) is 2. The van der Waals surface area contributed by atoms with E-state index in [2.05, 4.69) is 9.88 Å². The molecule has 0 saturated carbocycles. The second-order valence-electron chi connectivity index (χ2n) is 6.82. The van der Waals surface area contributed by atoms with Crippen LogP contribution < -0.4 is 5.32 Å². The van der Waals surface area contributed by atoms with Crippen LogP contribution in [0, 0.1) is 5.82 Å². The van der Waals surface area contributed by atoms with E-state index < -0.39 is 0 Å². The van der Waals surface area contributed by atoms with E-state index in [0.29, 0.717) is 30.1 Å². The van der Waals surface area contributed by atoms with Crippen molar-refractivity contribution in [1.29, 1.82) is 0 Å². The van der Waals surface area contributed by atoms with Crippen molar-refractivity contribution in [3.05, 3.63) is 64.7 Å². The number of hydrogen-bond acceptors (Lipinski definition) is 2. The van der Waals surface area contributed by atoms with Gasteiger partial charge < -0.3 is 9.88 Å². The number of hydrogen-bond donors (Lipinski definition) is 1. The highest BCUT2D eigenvalue weighted by Gasteiger charge is 2.14. The van der Waals surface area contributed by atoms with E-state index in [1.165, 1.54) is 6.07 Å². The molecule has 1 amide bonds. The number of para-hydroxylation sites is 2. The van der Waals surface area contributed by atoms with Gasteiger partial charge in [-0.1, -0.05) is 43.1 Å². The van der Waals surface area contributed by atoms with Gasteiger partial charge >= 0.3 is 0 Å². The quantitative estimate of drug-likeness (QED) is 0.506. The fraction of sp³-hybridized carbons (Fsp3) is 0.364. The van der Waals surface area contributed by atoms with Gasteiger partial charge in [-0.05, 0) is 37.1 Å². The zero-order valence-electron chi connectivity index (χ0n) is 16.0. The van der Waals surface area contributed by atoms with Crippen molar-refractivity contribution in [1.82, 2.24) is 14.9 Å². The molecule has 0 aliphatic rings. The standard InChI is InChI=1S/C22H25ClFN3O/c1-2-22(28)25-14-7-3-4-13-21-26-19-11-5-6-12-20(19)27(21)15-16-17(23)9-8-10-18(16)24/h5-6,8-12H,2-4,7,13-15H2,1H3,(H,25,28). The molecule has 1 heterocycles. The van der Waals surface area contributed by atoms with Gasteiger partial charge in [-0.15, -0.1) is 0 Å². The maximum atomic E-state index is 14.3. The Morgan fingerprint density at radius 1 is 1.14 bits per heavy atom. The number of imidazole rings is 1. The highest BCUT2D eigenvalue weighted by Crippen LogP contribution is 2.24. The van der Waals surface area contributed by atoms with Gasteiger partial charge in [0.05, 0.1) is 17.6 Å². The smallest absolute Gasteiger partial charge is 0.219 e. The lowest BCUT2D eigenvalue weighted by Gasteiger charge is -2.12. The van der Waals surface area contributed by atoms with Crippen LogP contribution in [-0.2, 0) is 17.8 Å². The highest BCUT2D eigenvalue weighted by molar-refractivity contribution is 6.31. The molecular weight excluding hydrogens is 377 g/mol. The summed E-state index contributed by atoms with van der Waals surface area (Å²) in [6.07, 6.45) is 4.19. The Labute approximate surface area is 169 Å². The molecule has 3 aromatic rings. The normalized spacial score (nSPS) is 11.1. The molecule has 0 fully saturated rings.